The summed E-state index contributed by atoms with van der Waals surface area (Å²) < 4.78 is 54.9. The molecule has 1 unspecified atom stereocenters. The molecule has 2 heterocycles. The quantitative estimate of drug-likeness (QED) is 0.827. The molecule has 7 nitrogen and oxygen atoms in total. The zero-order valence-electron chi connectivity index (χ0n) is 11.6. The standard InChI is InChI=1S/C12H15FN4O3S2/c13-12(6-14-4-5-20-8-12)7-15-22(18,19)10-3-1-2-9-11(10)17-21-16-9/h1-3,14-15H,4-8H2. The van der Waals surface area contributed by atoms with Gasteiger partial charge in [0, 0.05) is 19.6 Å². The number of hydrogen-bond acceptors (Lipinski definition) is 7. The zero-order chi connectivity index (χ0) is 15.6. The van der Waals surface area contributed by atoms with Crippen LogP contribution in [0.4, 0.5) is 4.39 Å². The summed E-state index contributed by atoms with van der Waals surface area (Å²) in [6.45, 7) is 0.476. The molecule has 3 rings (SSSR count). The Morgan fingerprint density at radius 1 is 1.45 bits per heavy atom. The number of sulfonamides is 1. The van der Waals surface area contributed by atoms with Crippen LogP contribution in [0, 0.1) is 0 Å². The van der Waals surface area contributed by atoms with Crippen LogP contribution in [0.1, 0.15) is 0 Å². The number of hydrogen-bond donors (Lipinski definition) is 2. The van der Waals surface area contributed by atoms with Gasteiger partial charge in [-0.1, -0.05) is 6.07 Å². The second-order valence-corrected chi connectivity index (χ2v) is 7.36. The summed E-state index contributed by atoms with van der Waals surface area (Å²) in [6.07, 6.45) is 0. The van der Waals surface area contributed by atoms with Crippen molar-refractivity contribution >= 4 is 32.8 Å². The van der Waals surface area contributed by atoms with Crippen molar-refractivity contribution in [2.45, 2.75) is 10.6 Å². The molecular formula is C12H15FN4O3S2. The van der Waals surface area contributed by atoms with Crippen molar-refractivity contribution in [3.63, 3.8) is 0 Å². The number of halogens is 1. The molecule has 1 aromatic carbocycles. The van der Waals surface area contributed by atoms with E-state index < -0.39 is 15.7 Å². The monoisotopic (exact) mass is 346 g/mol. The van der Waals surface area contributed by atoms with Gasteiger partial charge in [0.2, 0.25) is 10.0 Å². The Hall–Kier alpha value is -1.20. The number of nitrogens with one attached hydrogen (secondary N) is 2. The Balaban J connectivity index is 1.80. The molecule has 22 heavy (non-hydrogen) atoms. The van der Waals surface area contributed by atoms with E-state index >= 15 is 0 Å². The van der Waals surface area contributed by atoms with Crippen LogP contribution >= 0.6 is 11.7 Å². The van der Waals surface area contributed by atoms with Crippen molar-refractivity contribution < 1.29 is 17.5 Å². The van der Waals surface area contributed by atoms with Crippen molar-refractivity contribution in [2.24, 2.45) is 0 Å². The van der Waals surface area contributed by atoms with Gasteiger partial charge in [0.15, 0.2) is 5.67 Å². The Kier molecular flexibility index (Phi) is 4.37. The summed E-state index contributed by atoms with van der Waals surface area (Å²) in [6, 6.07) is 4.69. The lowest BCUT2D eigenvalue weighted by Crippen LogP contribution is -2.47. The molecule has 2 aromatic rings. The van der Waals surface area contributed by atoms with Gasteiger partial charge in [-0.15, -0.1) is 0 Å². The molecule has 0 saturated carbocycles. The molecule has 1 aliphatic rings. The Morgan fingerprint density at radius 3 is 3.18 bits per heavy atom. The Labute approximate surface area is 131 Å². The highest BCUT2D eigenvalue weighted by Gasteiger charge is 2.33. The minimum atomic E-state index is -3.88. The average Bonchev–Trinajstić information content (AvgIpc) is 2.87. The maximum absolute atomic E-state index is 14.6. The molecule has 0 aliphatic carbocycles. The van der Waals surface area contributed by atoms with Gasteiger partial charge < -0.3 is 10.1 Å². The van der Waals surface area contributed by atoms with E-state index in [0.29, 0.717) is 24.2 Å². The van der Waals surface area contributed by atoms with Gasteiger partial charge in [0.05, 0.1) is 24.9 Å². The van der Waals surface area contributed by atoms with Gasteiger partial charge >= 0.3 is 0 Å². The highest BCUT2D eigenvalue weighted by molar-refractivity contribution is 7.89. The van der Waals surface area contributed by atoms with E-state index in [9.17, 15) is 12.8 Å². The van der Waals surface area contributed by atoms with E-state index in [1.807, 2.05) is 0 Å². The van der Waals surface area contributed by atoms with Crippen LogP contribution in [-0.2, 0) is 14.8 Å². The summed E-state index contributed by atoms with van der Waals surface area (Å²) >= 11 is 0.935. The molecule has 120 valence electrons. The third-order valence-electron chi connectivity index (χ3n) is 3.34. The van der Waals surface area contributed by atoms with Crippen LogP contribution in [0.3, 0.4) is 0 Å². The normalized spacial score (nSPS) is 23.5. The zero-order valence-corrected chi connectivity index (χ0v) is 13.2. The van der Waals surface area contributed by atoms with Gasteiger partial charge in [-0.25, -0.2) is 17.5 Å². The molecule has 0 radical (unpaired) electrons. The lowest BCUT2D eigenvalue weighted by atomic mass is 10.1. The molecule has 1 atom stereocenters. The van der Waals surface area contributed by atoms with Crippen LogP contribution in [0.15, 0.2) is 23.1 Å². The number of nitrogens with zero attached hydrogens (tertiary/aromatic N) is 2. The lowest BCUT2D eigenvalue weighted by Gasteiger charge is -2.23. The number of alkyl halides is 1. The maximum Gasteiger partial charge on any atom is 0.242 e. The molecule has 1 saturated heterocycles. The second-order valence-electron chi connectivity index (χ2n) is 5.09. The second kappa shape index (κ2) is 6.13. The highest BCUT2D eigenvalue weighted by Crippen LogP contribution is 2.21. The van der Waals surface area contributed by atoms with Crippen molar-refractivity contribution in [3.05, 3.63) is 18.2 Å². The van der Waals surface area contributed by atoms with Crippen molar-refractivity contribution in [1.82, 2.24) is 18.8 Å². The highest BCUT2D eigenvalue weighted by atomic mass is 32.2. The van der Waals surface area contributed by atoms with E-state index in [4.69, 9.17) is 4.74 Å². The molecular weight excluding hydrogens is 331 g/mol. The maximum atomic E-state index is 14.6. The molecule has 1 aliphatic heterocycles. The summed E-state index contributed by atoms with van der Waals surface area (Å²) in [5.41, 5.74) is -0.983. The smallest absolute Gasteiger partial charge is 0.242 e. The van der Waals surface area contributed by atoms with Gasteiger partial charge in [-0.3, -0.25) is 0 Å². The first-order valence-electron chi connectivity index (χ1n) is 6.69. The number of fused-ring (bicyclic) bond motifs is 1. The fraction of sp³-hybridized carbons (Fsp3) is 0.500. The van der Waals surface area contributed by atoms with E-state index in [1.165, 1.54) is 6.07 Å². The van der Waals surface area contributed by atoms with E-state index in [0.717, 1.165) is 11.7 Å². The predicted molar refractivity (Wildman–Crippen MR) is 80.1 cm³/mol. The van der Waals surface area contributed by atoms with Crippen LogP contribution < -0.4 is 10.0 Å². The van der Waals surface area contributed by atoms with E-state index in [2.05, 4.69) is 18.8 Å². The molecule has 0 spiro atoms. The van der Waals surface area contributed by atoms with Gasteiger partial charge in [-0.2, -0.15) is 8.75 Å². The largest absolute Gasteiger partial charge is 0.377 e. The summed E-state index contributed by atoms with van der Waals surface area (Å²) in [5, 5.41) is 2.88. The van der Waals surface area contributed by atoms with Gasteiger partial charge in [0.25, 0.3) is 0 Å². The SMILES string of the molecule is O=S(=O)(NCC1(F)CNCCOC1)c1cccc2nsnc12. The van der Waals surface area contributed by atoms with E-state index in [-0.39, 0.29) is 24.6 Å². The molecule has 2 N–H and O–H groups in total. The van der Waals surface area contributed by atoms with Crippen molar-refractivity contribution in [1.29, 1.82) is 0 Å². The fourth-order valence-corrected chi connectivity index (χ4v) is 4.05. The number of benzene rings is 1. The Bertz CT molecular complexity index is 757. The molecule has 0 amide bonds. The van der Waals surface area contributed by atoms with Gasteiger partial charge in [0.1, 0.15) is 15.9 Å². The minimum absolute atomic E-state index is 0.00449. The summed E-state index contributed by atoms with van der Waals surface area (Å²) in [5.74, 6) is 0. The van der Waals surface area contributed by atoms with Gasteiger partial charge in [-0.05, 0) is 12.1 Å². The first kappa shape index (κ1) is 15.7. The number of rotatable bonds is 4. The van der Waals surface area contributed by atoms with Crippen LogP contribution in [-0.4, -0.2) is 55.7 Å². The lowest BCUT2D eigenvalue weighted by molar-refractivity contribution is 0.0416. The number of aromatic nitrogens is 2. The van der Waals surface area contributed by atoms with Crippen LogP contribution in [0.5, 0.6) is 0 Å². The third-order valence-corrected chi connectivity index (χ3v) is 5.32. The first-order valence-corrected chi connectivity index (χ1v) is 8.90. The summed E-state index contributed by atoms with van der Waals surface area (Å²) in [7, 11) is -3.88. The average molecular weight is 346 g/mol. The minimum Gasteiger partial charge on any atom is -0.377 e. The number of ether oxygens (including phenoxy) is 1. The fourth-order valence-electron chi connectivity index (χ4n) is 2.18. The third kappa shape index (κ3) is 3.25. The molecule has 1 aromatic heterocycles. The Morgan fingerprint density at radius 2 is 2.32 bits per heavy atom. The topological polar surface area (TPSA) is 93.2 Å². The van der Waals surface area contributed by atoms with Crippen molar-refractivity contribution in [2.75, 3.05) is 32.8 Å². The first-order chi connectivity index (χ1) is 10.5. The predicted octanol–water partition coefficient (Wildman–Crippen LogP) is 0.298. The van der Waals surface area contributed by atoms with Crippen molar-refractivity contribution in [3.8, 4) is 0 Å². The molecule has 1 fully saturated rings. The van der Waals surface area contributed by atoms with Crippen LogP contribution in [0.2, 0.25) is 0 Å². The molecule has 0 bridgehead atoms. The van der Waals surface area contributed by atoms with E-state index in [1.54, 1.807) is 12.1 Å². The molecule has 10 heteroatoms. The van der Waals surface area contributed by atoms with Crippen LogP contribution in [0.25, 0.3) is 11.0 Å². The summed E-state index contributed by atoms with van der Waals surface area (Å²) in [4.78, 5) is 0.00449.